The predicted molar refractivity (Wildman–Crippen MR) is 67.0 cm³/mol. The molecule has 0 aliphatic heterocycles. The Morgan fingerprint density at radius 3 is 2.94 bits per heavy atom. The van der Waals surface area contributed by atoms with E-state index in [1.807, 2.05) is 0 Å². The maximum Gasteiger partial charge on any atom is 0.0959 e. The summed E-state index contributed by atoms with van der Waals surface area (Å²) in [6.07, 6.45) is 2.66. The highest BCUT2D eigenvalue weighted by Gasteiger charge is 2.27. The molecule has 2 unspecified atom stereocenters. The summed E-state index contributed by atoms with van der Waals surface area (Å²) >= 11 is 1.81. The zero-order valence-electron chi connectivity index (χ0n) is 10.2. The third-order valence-electron chi connectivity index (χ3n) is 2.86. The average molecular weight is 240 g/mol. The fraction of sp³-hybridized carbons (Fsp3) is 0.750. The van der Waals surface area contributed by atoms with Crippen molar-refractivity contribution in [3.63, 3.8) is 0 Å². The number of nitrogens with zero attached hydrogens (tertiary/aromatic N) is 1. The number of rotatable bonds is 6. The number of hydrogen-bond acceptors (Lipinski definition) is 4. The van der Waals surface area contributed by atoms with Crippen LogP contribution in [0.5, 0.6) is 0 Å². The largest absolute Gasteiger partial charge is 0.383 e. The molecule has 1 saturated carbocycles. The molecule has 1 N–H and O–H groups in total. The molecular weight excluding hydrogens is 220 g/mol. The van der Waals surface area contributed by atoms with Gasteiger partial charge in [0.15, 0.2) is 0 Å². The van der Waals surface area contributed by atoms with E-state index in [4.69, 9.17) is 9.72 Å². The van der Waals surface area contributed by atoms with Crippen molar-refractivity contribution in [2.24, 2.45) is 0 Å². The maximum absolute atomic E-state index is 5.11. The van der Waals surface area contributed by atoms with Crippen molar-refractivity contribution in [1.29, 1.82) is 0 Å². The average Bonchev–Trinajstić information content (AvgIpc) is 2.96. The van der Waals surface area contributed by atoms with Crippen molar-refractivity contribution in [1.82, 2.24) is 10.3 Å². The molecule has 0 aromatic carbocycles. The summed E-state index contributed by atoms with van der Waals surface area (Å²) in [6, 6.07) is 0.681. The van der Waals surface area contributed by atoms with Crippen molar-refractivity contribution in [2.45, 2.75) is 44.7 Å². The van der Waals surface area contributed by atoms with Crippen LogP contribution in [0, 0.1) is 0 Å². The van der Waals surface area contributed by atoms with Gasteiger partial charge >= 0.3 is 0 Å². The van der Waals surface area contributed by atoms with Crippen LogP contribution in [0.15, 0.2) is 5.38 Å². The van der Waals surface area contributed by atoms with E-state index in [0.29, 0.717) is 12.1 Å². The Morgan fingerprint density at radius 2 is 2.31 bits per heavy atom. The standard InChI is InChI=1S/C12H20N2OS/c1-8(6-15-3)13-9(2)11-7-16-12(14-11)10-4-5-10/h7-10,13H,4-6H2,1-3H3. The Bertz CT molecular complexity index is 336. The molecule has 16 heavy (non-hydrogen) atoms. The minimum absolute atomic E-state index is 0.314. The summed E-state index contributed by atoms with van der Waals surface area (Å²) in [6.45, 7) is 5.04. The van der Waals surface area contributed by atoms with Crippen LogP contribution in [0.1, 0.15) is 49.4 Å². The van der Waals surface area contributed by atoms with Gasteiger partial charge in [-0.3, -0.25) is 0 Å². The molecule has 0 saturated heterocycles. The van der Waals surface area contributed by atoms with Crippen LogP contribution >= 0.6 is 11.3 Å². The zero-order valence-corrected chi connectivity index (χ0v) is 11.0. The smallest absolute Gasteiger partial charge is 0.0959 e. The lowest BCUT2D eigenvalue weighted by atomic mass is 10.2. The zero-order chi connectivity index (χ0) is 11.5. The Kier molecular flexibility index (Phi) is 3.95. The van der Waals surface area contributed by atoms with E-state index in [1.165, 1.54) is 23.5 Å². The molecule has 1 aromatic heterocycles. The van der Waals surface area contributed by atoms with Crippen molar-refractivity contribution >= 4 is 11.3 Å². The summed E-state index contributed by atoms with van der Waals surface area (Å²) in [4.78, 5) is 4.70. The second kappa shape index (κ2) is 5.25. The molecule has 1 aromatic rings. The highest BCUT2D eigenvalue weighted by molar-refractivity contribution is 7.09. The normalized spacial score (nSPS) is 19.7. The third-order valence-corrected chi connectivity index (χ3v) is 3.89. The van der Waals surface area contributed by atoms with Gasteiger partial charge in [0.2, 0.25) is 0 Å². The van der Waals surface area contributed by atoms with Crippen molar-refractivity contribution in [2.75, 3.05) is 13.7 Å². The van der Waals surface area contributed by atoms with E-state index in [1.54, 1.807) is 18.4 Å². The Morgan fingerprint density at radius 1 is 1.56 bits per heavy atom. The summed E-state index contributed by atoms with van der Waals surface area (Å²) in [5.74, 6) is 0.766. The summed E-state index contributed by atoms with van der Waals surface area (Å²) < 4.78 is 5.11. The summed E-state index contributed by atoms with van der Waals surface area (Å²) in [5.41, 5.74) is 1.18. The topological polar surface area (TPSA) is 34.1 Å². The second-order valence-corrected chi connectivity index (χ2v) is 5.52. The van der Waals surface area contributed by atoms with Crippen LogP contribution in [0.4, 0.5) is 0 Å². The Balaban J connectivity index is 1.89. The first-order valence-electron chi connectivity index (χ1n) is 5.91. The van der Waals surface area contributed by atoms with Gasteiger partial charge in [0, 0.05) is 30.5 Å². The van der Waals surface area contributed by atoms with Gasteiger partial charge in [-0.15, -0.1) is 11.3 Å². The molecule has 4 heteroatoms. The Hall–Kier alpha value is -0.450. The molecular formula is C12H20N2OS. The van der Waals surface area contributed by atoms with Crippen LogP contribution in [0.25, 0.3) is 0 Å². The van der Waals surface area contributed by atoms with Gasteiger partial charge in [-0.25, -0.2) is 4.98 Å². The Labute approximate surface area is 101 Å². The molecule has 1 aliphatic rings. The monoisotopic (exact) mass is 240 g/mol. The molecule has 90 valence electrons. The van der Waals surface area contributed by atoms with E-state index in [-0.39, 0.29) is 0 Å². The van der Waals surface area contributed by atoms with Crippen molar-refractivity contribution in [3.8, 4) is 0 Å². The van der Waals surface area contributed by atoms with Crippen LogP contribution in [-0.4, -0.2) is 24.7 Å². The molecule has 0 bridgehead atoms. The maximum atomic E-state index is 5.11. The third kappa shape index (κ3) is 3.03. The molecule has 0 amide bonds. The quantitative estimate of drug-likeness (QED) is 0.830. The van der Waals surface area contributed by atoms with E-state index >= 15 is 0 Å². The lowest BCUT2D eigenvalue weighted by Crippen LogP contribution is -2.32. The number of aromatic nitrogens is 1. The molecule has 2 atom stereocenters. The van der Waals surface area contributed by atoms with Gasteiger partial charge in [-0.05, 0) is 26.7 Å². The first-order valence-corrected chi connectivity index (χ1v) is 6.79. The number of nitrogens with one attached hydrogen (secondary N) is 1. The van der Waals surface area contributed by atoms with Gasteiger partial charge < -0.3 is 10.1 Å². The van der Waals surface area contributed by atoms with Gasteiger partial charge in [0.1, 0.15) is 0 Å². The van der Waals surface area contributed by atoms with E-state index in [9.17, 15) is 0 Å². The minimum atomic E-state index is 0.314. The highest BCUT2D eigenvalue weighted by atomic mass is 32.1. The first kappa shape index (κ1) is 12.0. The molecule has 2 rings (SSSR count). The molecule has 0 radical (unpaired) electrons. The first-order chi connectivity index (χ1) is 7.70. The number of methoxy groups -OCH3 is 1. The summed E-state index contributed by atoms with van der Waals surface area (Å²) in [7, 11) is 1.73. The molecule has 1 aliphatic carbocycles. The summed E-state index contributed by atoms with van der Waals surface area (Å²) in [5, 5.41) is 7.00. The number of thiazole rings is 1. The van der Waals surface area contributed by atoms with E-state index in [2.05, 4.69) is 24.5 Å². The molecule has 1 fully saturated rings. The SMILES string of the molecule is COCC(C)NC(C)c1csc(C2CC2)n1. The van der Waals surface area contributed by atoms with Gasteiger partial charge in [-0.2, -0.15) is 0 Å². The van der Waals surface area contributed by atoms with Crippen LogP contribution < -0.4 is 5.32 Å². The van der Waals surface area contributed by atoms with E-state index in [0.717, 1.165) is 12.5 Å². The van der Waals surface area contributed by atoms with Crippen LogP contribution in [0.2, 0.25) is 0 Å². The molecule has 0 spiro atoms. The minimum Gasteiger partial charge on any atom is -0.383 e. The number of ether oxygens (including phenoxy) is 1. The van der Waals surface area contributed by atoms with Crippen molar-refractivity contribution in [3.05, 3.63) is 16.1 Å². The van der Waals surface area contributed by atoms with Crippen LogP contribution in [-0.2, 0) is 4.74 Å². The fourth-order valence-corrected chi connectivity index (χ4v) is 2.91. The highest BCUT2D eigenvalue weighted by Crippen LogP contribution is 2.41. The lowest BCUT2D eigenvalue weighted by Gasteiger charge is -2.17. The molecule has 3 nitrogen and oxygen atoms in total. The lowest BCUT2D eigenvalue weighted by molar-refractivity contribution is 0.167. The van der Waals surface area contributed by atoms with E-state index < -0.39 is 0 Å². The predicted octanol–water partition coefficient (Wildman–Crippen LogP) is 2.71. The van der Waals surface area contributed by atoms with Crippen LogP contribution in [0.3, 0.4) is 0 Å². The fourth-order valence-electron chi connectivity index (χ4n) is 1.83. The van der Waals surface area contributed by atoms with Gasteiger partial charge in [0.05, 0.1) is 17.3 Å². The molecule has 1 heterocycles. The van der Waals surface area contributed by atoms with Gasteiger partial charge in [-0.1, -0.05) is 0 Å². The van der Waals surface area contributed by atoms with Crippen molar-refractivity contribution < 1.29 is 4.74 Å². The van der Waals surface area contributed by atoms with Gasteiger partial charge in [0.25, 0.3) is 0 Å². The number of hydrogen-bond donors (Lipinski definition) is 1. The second-order valence-electron chi connectivity index (χ2n) is 4.63.